The Kier molecular flexibility index (Phi) is 4.43. The van der Waals surface area contributed by atoms with E-state index in [2.05, 4.69) is 30.8 Å². The largest absolute Gasteiger partial charge is 0.355 e. The first-order valence-corrected chi connectivity index (χ1v) is 10.3. The number of halogens is 2. The number of amides is 2. The lowest BCUT2D eigenvalue weighted by atomic mass is 9.96. The number of fused-ring (bicyclic) bond motifs is 2. The summed E-state index contributed by atoms with van der Waals surface area (Å²) in [6, 6.07) is 3.41. The lowest BCUT2D eigenvalue weighted by Gasteiger charge is -2.12. The van der Waals surface area contributed by atoms with Crippen LogP contribution in [0.3, 0.4) is 0 Å². The fourth-order valence-electron chi connectivity index (χ4n) is 3.59. The summed E-state index contributed by atoms with van der Waals surface area (Å²) in [5.41, 5.74) is 1.98. The van der Waals surface area contributed by atoms with Crippen molar-refractivity contribution in [3.8, 4) is 11.3 Å². The first kappa shape index (κ1) is 19.5. The zero-order valence-electron chi connectivity index (χ0n) is 16.4. The van der Waals surface area contributed by atoms with E-state index in [0.29, 0.717) is 32.1 Å². The van der Waals surface area contributed by atoms with E-state index in [4.69, 9.17) is 0 Å². The molecule has 3 heterocycles. The molecule has 31 heavy (non-hydrogen) atoms. The molecule has 0 unspecified atom stereocenters. The van der Waals surface area contributed by atoms with Crippen LogP contribution >= 0.6 is 11.3 Å². The molecule has 0 bridgehead atoms. The molecule has 8 nitrogen and oxygen atoms in total. The van der Waals surface area contributed by atoms with E-state index in [-0.39, 0.29) is 23.1 Å². The van der Waals surface area contributed by atoms with Crippen molar-refractivity contribution in [2.24, 2.45) is 5.92 Å². The quantitative estimate of drug-likeness (QED) is 0.449. The number of pyridine rings is 1. The maximum absolute atomic E-state index is 15.1. The maximum Gasteiger partial charge on any atom is 0.256 e. The Bertz CT molecular complexity index is 1380. The van der Waals surface area contributed by atoms with E-state index in [1.165, 1.54) is 13.2 Å². The van der Waals surface area contributed by atoms with Gasteiger partial charge in [-0.3, -0.25) is 14.7 Å². The van der Waals surface area contributed by atoms with E-state index in [9.17, 15) is 14.0 Å². The number of thiazole rings is 1. The molecule has 4 aromatic rings. The number of carbonyl (C=O) groups is 2. The highest BCUT2D eigenvalue weighted by atomic mass is 32.1. The molecule has 2 amide bonds. The summed E-state index contributed by atoms with van der Waals surface area (Å²) in [5, 5.41) is 12.6. The molecular formula is C20H16F2N6O2S. The standard InChI is InChI=1S/C20H16F2N6O2S/c1-7-13(9-6-24-28-16(9)14(15(7)22)18(30)23-2)11-3-4-12-19(25-11)31-20(26-12)27-17(29)8-5-10(8)21/h3-4,6,8,10H,5H2,1-2H3,(H,23,30)(H,24,28)(H,26,27,29)/t8-,10+/m1/s1. The maximum atomic E-state index is 15.1. The molecule has 1 saturated carbocycles. The zero-order chi connectivity index (χ0) is 21.9. The van der Waals surface area contributed by atoms with Gasteiger partial charge >= 0.3 is 0 Å². The van der Waals surface area contributed by atoms with Gasteiger partial charge in [-0.1, -0.05) is 11.3 Å². The van der Waals surface area contributed by atoms with Gasteiger partial charge in [0.2, 0.25) is 5.91 Å². The van der Waals surface area contributed by atoms with E-state index >= 15 is 4.39 Å². The fourth-order valence-corrected chi connectivity index (χ4v) is 4.43. The molecular weight excluding hydrogens is 426 g/mol. The second-order valence-electron chi connectivity index (χ2n) is 7.31. The number of H-pyrrole nitrogens is 1. The van der Waals surface area contributed by atoms with Gasteiger partial charge in [-0.25, -0.2) is 18.7 Å². The number of anilines is 1. The SMILES string of the molecule is CNC(=O)c1c(F)c(C)c(-c2ccc3nc(NC(=O)[C@@H]4C[C@@H]4F)sc3n2)c2cn[nH]c12. The van der Waals surface area contributed by atoms with E-state index < -0.39 is 29.7 Å². The third-order valence-electron chi connectivity index (χ3n) is 5.33. The summed E-state index contributed by atoms with van der Waals surface area (Å²) in [7, 11) is 1.43. The Balaban J connectivity index is 1.59. The second kappa shape index (κ2) is 7.05. The highest BCUT2D eigenvalue weighted by Crippen LogP contribution is 2.38. The van der Waals surface area contributed by atoms with Gasteiger partial charge in [-0.15, -0.1) is 0 Å². The number of hydrogen-bond acceptors (Lipinski definition) is 6. The molecule has 3 aromatic heterocycles. The van der Waals surface area contributed by atoms with Gasteiger partial charge in [0.05, 0.1) is 23.3 Å². The van der Waals surface area contributed by atoms with Crippen LogP contribution in [0.25, 0.3) is 32.5 Å². The summed E-state index contributed by atoms with van der Waals surface area (Å²) >= 11 is 1.15. The summed E-state index contributed by atoms with van der Waals surface area (Å²) in [5.74, 6) is -2.22. The van der Waals surface area contributed by atoms with Crippen LogP contribution in [0.1, 0.15) is 22.3 Å². The van der Waals surface area contributed by atoms with Crippen molar-refractivity contribution in [1.29, 1.82) is 0 Å². The number of alkyl halides is 1. The molecule has 0 spiro atoms. The predicted octanol–water partition coefficient (Wildman–Crippen LogP) is 3.34. The minimum atomic E-state index is -1.09. The van der Waals surface area contributed by atoms with Gasteiger partial charge < -0.3 is 10.6 Å². The Labute approximate surface area is 178 Å². The number of aromatic nitrogens is 4. The molecule has 3 N–H and O–H groups in total. The van der Waals surface area contributed by atoms with Crippen molar-refractivity contribution in [3.05, 3.63) is 35.3 Å². The van der Waals surface area contributed by atoms with E-state index in [1.54, 1.807) is 19.1 Å². The minimum absolute atomic E-state index is 0.105. The summed E-state index contributed by atoms with van der Waals surface area (Å²) in [4.78, 5) is 33.6. The van der Waals surface area contributed by atoms with Gasteiger partial charge in [0.25, 0.3) is 5.91 Å². The average Bonchev–Trinajstić information content (AvgIpc) is 3.12. The van der Waals surface area contributed by atoms with Gasteiger partial charge in [0.15, 0.2) is 5.13 Å². The van der Waals surface area contributed by atoms with Crippen molar-refractivity contribution in [2.45, 2.75) is 19.5 Å². The Morgan fingerprint density at radius 2 is 2.06 bits per heavy atom. The van der Waals surface area contributed by atoms with Gasteiger partial charge in [0, 0.05) is 18.0 Å². The van der Waals surface area contributed by atoms with Crippen LogP contribution in [0.5, 0.6) is 0 Å². The average molecular weight is 442 g/mol. The molecule has 1 aromatic carbocycles. The van der Waals surface area contributed by atoms with Crippen LogP contribution in [0.2, 0.25) is 0 Å². The third kappa shape index (κ3) is 3.12. The molecule has 0 radical (unpaired) electrons. The van der Waals surface area contributed by atoms with Crippen LogP contribution in [-0.4, -0.2) is 45.2 Å². The number of aromatic amines is 1. The molecule has 1 aliphatic carbocycles. The van der Waals surface area contributed by atoms with E-state index in [0.717, 1.165) is 11.3 Å². The lowest BCUT2D eigenvalue weighted by molar-refractivity contribution is -0.117. The number of hydrogen-bond donors (Lipinski definition) is 3. The lowest BCUT2D eigenvalue weighted by Crippen LogP contribution is -2.20. The van der Waals surface area contributed by atoms with Crippen LogP contribution in [-0.2, 0) is 4.79 Å². The number of carbonyl (C=O) groups excluding carboxylic acids is 2. The Hall–Kier alpha value is -3.47. The molecule has 11 heteroatoms. The fraction of sp³-hybridized carbons (Fsp3) is 0.250. The Morgan fingerprint density at radius 1 is 1.29 bits per heavy atom. The normalized spacial score (nSPS) is 17.8. The van der Waals surface area contributed by atoms with Crippen LogP contribution in [0.15, 0.2) is 18.3 Å². The van der Waals surface area contributed by atoms with E-state index in [1.807, 2.05) is 0 Å². The molecule has 1 fully saturated rings. The van der Waals surface area contributed by atoms with Gasteiger partial charge in [0.1, 0.15) is 27.9 Å². The first-order chi connectivity index (χ1) is 14.9. The van der Waals surface area contributed by atoms with Crippen molar-refractivity contribution >= 4 is 49.5 Å². The Morgan fingerprint density at radius 3 is 2.77 bits per heavy atom. The molecule has 0 saturated heterocycles. The minimum Gasteiger partial charge on any atom is -0.355 e. The monoisotopic (exact) mass is 442 g/mol. The molecule has 1 aliphatic rings. The first-order valence-electron chi connectivity index (χ1n) is 9.49. The van der Waals surface area contributed by atoms with Crippen molar-refractivity contribution in [1.82, 2.24) is 25.5 Å². The van der Waals surface area contributed by atoms with Crippen molar-refractivity contribution in [3.63, 3.8) is 0 Å². The van der Waals surface area contributed by atoms with Crippen LogP contribution in [0.4, 0.5) is 13.9 Å². The predicted molar refractivity (Wildman–Crippen MR) is 112 cm³/mol. The molecule has 2 atom stereocenters. The van der Waals surface area contributed by atoms with Crippen molar-refractivity contribution < 1.29 is 18.4 Å². The van der Waals surface area contributed by atoms with Crippen LogP contribution < -0.4 is 10.6 Å². The van der Waals surface area contributed by atoms with Crippen molar-refractivity contribution in [2.75, 3.05) is 12.4 Å². The summed E-state index contributed by atoms with van der Waals surface area (Å²) in [6.45, 7) is 1.58. The summed E-state index contributed by atoms with van der Waals surface area (Å²) < 4.78 is 28.2. The topological polar surface area (TPSA) is 113 Å². The van der Waals surface area contributed by atoms with Gasteiger partial charge in [-0.2, -0.15) is 5.10 Å². The number of nitrogens with zero attached hydrogens (tertiary/aromatic N) is 3. The number of benzene rings is 1. The highest BCUT2D eigenvalue weighted by Gasteiger charge is 2.43. The third-order valence-corrected chi connectivity index (χ3v) is 6.21. The number of nitrogens with one attached hydrogen (secondary N) is 3. The van der Waals surface area contributed by atoms with Gasteiger partial charge in [-0.05, 0) is 31.0 Å². The van der Waals surface area contributed by atoms with Crippen LogP contribution in [0, 0.1) is 18.7 Å². The molecule has 158 valence electrons. The zero-order valence-corrected chi connectivity index (χ0v) is 17.2. The summed E-state index contributed by atoms with van der Waals surface area (Å²) in [6.07, 6.45) is 0.667. The number of rotatable bonds is 4. The molecule has 5 rings (SSSR count). The highest BCUT2D eigenvalue weighted by molar-refractivity contribution is 7.22. The molecule has 0 aliphatic heterocycles. The smallest absolute Gasteiger partial charge is 0.256 e. The second-order valence-corrected chi connectivity index (χ2v) is 8.29.